The van der Waals surface area contributed by atoms with Crippen LogP contribution in [-0.2, 0) is 6.42 Å². The van der Waals surface area contributed by atoms with Gasteiger partial charge in [-0.05, 0) is 17.7 Å². The number of hydrogen-bond donors (Lipinski definition) is 1. The van der Waals surface area contributed by atoms with E-state index in [0.29, 0.717) is 0 Å². The summed E-state index contributed by atoms with van der Waals surface area (Å²) in [5.74, 6) is 0. The normalized spacial score (nSPS) is 10.0. The molecule has 0 aromatic carbocycles. The van der Waals surface area contributed by atoms with Crippen LogP contribution < -0.4 is 0 Å². The van der Waals surface area contributed by atoms with E-state index in [9.17, 15) is 0 Å². The summed E-state index contributed by atoms with van der Waals surface area (Å²) in [6, 6.07) is 3.96. The second-order valence-electron chi connectivity index (χ2n) is 2.54. The predicted octanol–water partition coefficient (Wildman–Crippen LogP) is 1.20. The molecule has 0 saturated carbocycles. The Morgan fingerprint density at radius 3 is 2.83 bits per heavy atom. The summed E-state index contributed by atoms with van der Waals surface area (Å²) in [5.41, 5.74) is 2.21. The summed E-state index contributed by atoms with van der Waals surface area (Å²) in [6.07, 6.45) is 8.91. The molecule has 12 heavy (non-hydrogen) atoms. The molecule has 0 unspecified atom stereocenters. The molecule has 2 aromatic rings. The Labute approximate surface area is 70.5 Å². The monoisotopic (exact) mass is 158 g/mol. The van der Waals surface area contributed by atoms with E-state index < -0.39 is 0 Å². The van der Waals surface area contributed by atoms with Crippen molar-refractivity contribution in [1.82, 2.24) is 15.0 Å². The minimum atomic E-state index is 0.836. The topological polar surface area (TPSA) is 41.6 Å². The molecule has 0 aliphatic rings. The first kappa shape index (κ1) is 7.03. The van der Waals surface area contributed by atoms with Crippen molar-refractivity contribution in [2.45, 2.75) is 6.42 Å². The van der Waals surface area contributed by atoms with Crippen LogP contribution in [0.4, 0.5) is 0 Å². The molecule has 0 aliphatic heterocycles. The number of H-pyrrole nitrogens is 1. The van der Waals surface area contributed by atoms with Gasteiger partial charge in [-0.15, -0.1) is 0 Å². The van der Waals surface area contributed by atoms with Crippen molar-refractivity contribution >= 4 is 0 Å². The van der Waals surface area contributed by atoms with Crippen LogP contribution in [0.15, 0.2) is 30.7 Å². The molecule has 2 rings (SSSR count). The van der Waals surface area contributed by atoms with Crippen molar-refractivity contribution in [1.29, 1.82) is 0 Å². The SMILES string of the molecule is [c]1nc(Cc2ccncc2)c[nH]1. The fourth-order valence-electron chi connectivity index (χ4n) is 1.05. The van der Waals surface area contributed by atoms with Crippen molar-refractivity contribution in [3.63, 3.8) is 0 Å². The Balaban J connectivity index is 2.15. The second-order valence-corrected chi connectivity index (χ2v) is 2.54. The molecule has 0 bridgehead atoms. The van der Waals surface area contributed by atoms with Crippen LogP contribution in [0.1, 0.15) is 11.3 Å². The number of pyridine rings is 1. The van der Waals surface area contributed by atoms with Crippen LogP contribution in [0.3, 0.4) is 0 Å². The van der Waals surface area contributed by atoms with Gasteiger partial charge in [0.2, 0.25) is 0 Å². The fraction of sp³-hybridized carbons (Fsp3) is 0.111. The third-order valence-corrected chi connectivity index (χ3v) is 1.64. The number of aromatic nitrogens is 3. The van der Waals surface area contributed by atoms with Gasteiger partial charge in [0, 0.05) is 25.0 Å². The van der Waals surface area contributed by atoms with Gasteiger partial charge in [-0.3, -0.25) is 4.98 Å². The molecule has 0 atom stereocenters. The van der Waals surface area contributed by atoms with Crippen LogP contribution >= 0.6 is 0 Å². The lowest BCUT2D eigenvalue weighted by Crippen LogP contribution is -1.87. The molecule has 3 nitrogen and oxygen atoms in total. The smallest absolute Gasteiger partial charge is 0.173 e. The van der Waals surface area contributed by atoms with Gasteiger partial charge in [0.05, 0.1) is 5.69 Å². The third kappa shape index (κ3) is 1.50. The molecule has 2 heterocycles. The predicted molar refractivity (Wildman–Crippen MR) is 44.5 cm³/mol. The van der Waals surface area contributed by atoms with E-state index in [0.717, 1.165) is 12.1 Å². The average molecular weight is 158 g/mol. The van der Waals surface area contributed by atoms with Crippen LogP contribution in [-0.4, -0.2) is 15.0 Å². The first-order valence-electron chi connectivity index (χ1n) is 3.74. The maximum absolute atomic E-state index is 4.01. The Bertz CT molecular complexity index is 326. The lowest BCUT2D eigenvalue weighted by atomic mass is 10.2. The van der Waals surface area contributed by atoms with E-state index in [1.54, 1.807) is 12.4 Å². The zero-order valence-corrected chi connectivity index (χ0v) is 6.49. The zero-order valence-electron chi connectivity index (χ0n) is 6.49. The lowest BCUT2D eigenvalue weighted by molar-refractivity contribution is 1.09. The van der Waals surface area contributed by atoms with Crippen molar-refractivity contribution in [2.75, 3.05) is 0 Å². The van der Waals surface area contributed by atoms with Crippen molar-refractivity contribution in [3.05, 3.63) is 48.3 Å². The quantitative estimate of drug-likeness (QED) is 0.713. The van der Waals surface area contributed by atoms with Crippen LogP contribution in [0.25, 0.3) is 0 Å². The number of nitrogens with zero attached hydrogens (tertiary/aromatic N) is 2. The standard InChI is InChI=1S/C9H8N3/c1-3-10-4-2-8(1)5-9-6-11-7-12-9/h1-4,6H,5H2,(H,11,12). The molecule has 1 N–H and O–H groups in total. The van der Waals surface area contributed by atoms with Gasteiger partial charge >= 0.3 is 0 Å². The van der Waals surface area contributed by atoms with E-state index in [4.69, 9.17) is 0 Å². The number of rotatable bonds is 2. The maximum Gasteiger partial charge on any atom is 0.173 e. The Morgan fingerprint density at radius 1 is 1.33 bits per heavy atom. The van der Waals surface area contributed by atoms with E-state index >= 15 is 0 Å². The van der Waals surface area contributed by atoms with E-state index in [1.807, 2.05) is 18.3 Å². The first-order chi connectivity index (χ1) is 5.95. The van der Waals surface area contributed by atoms with Gasteiger partial charge < -0.3 is 4.98 Å². The highest BCUT2D eigenvalue weighted by Crippen LogP contribution is 2.03. The molecule has 0 spiro atoms. The summed E-state index contributed by atoms with van der Waals surface area (Å²) in [4.78, 5) is 10.7. The van der Waals surface area contributed by atoms with Gasteiger partial charge in [0.1, 0.15) is 0 Å². The van der Waals surface area contributed by atoms with E-state index in [1.165, 1.54) is 5.56 Å². The summed E-state index contributed by atoms with van der Waals surface area (Å²) in [6.45, 7) is 0. The molecule has 1 radical (unpaired) electrons. The lowest BCUT2D eigenvalue weighted by Gasteiger charge is -1.94. The summed E-state index contributed by atoms with van der Waals surface area (Å²) < 4.78 is 0. The number of imidazole rings is 1. The number of hydrogen-bond acceptors (Lipinski definition) is 2. The largest absolute Gasteiger partial charge is 0.342 e. The molecular weight excluding hydrogens is 150 g/mol. The van der Waals surface area contributed by atoms with Crippen molar-refractivity contribution in [3.8, 4) is 0 Å². The highest BCUT2D eigenvalue weighted by atomic mass is 14.9. The highest BCUT2D eigenvalue weighted by molar-refractivity contribution is 5.16. The van der Waals surface area contributed by atoms with Crippen LogP contribution in [0, 0.1) is 6.33 Å². The van der Waals surface area contributed by atoms with E-state index in [2.05, 4.69) is 21.3 Å². The Morgan fingerprint density at radius 2 is 2.17 bits per heavy atom. The molecule has 0 amide bonds. The summed E-state index contributed by atoms with van der Waals surface area (Å²) >= 11 is 0. The Hall–Kier alpha value is -1.64. The highest BCUT2D eigenvalue weighted by Gasteiger charge is 1.95. The molecule has 59 valence electrons. The van der Waals surface area contributed by atoms with Gasteiger partial charge in [0.25, 0.3) is 0 Å². The molecule has 0 saturated heterocycles. The Kier molecular flexibility index (Phi) is 1.86. The molecule has 0 fully saturated rings. The number of aromatic amines is 1. The second kappa shape index (κ2) is 3.17. The van der Waals surface area contributed by atoms with Crippen LogP contribution in [0.5, 0.6) is 0 Å². The van der Waals surface area contributed by atoms with Crippen molar-refractivity contribution in [2.24, 2.45) is 0 Å². The maximum atomic E-state index is 4.01. The van der Waals surface area contributed by atoms with Crippen LogP contribution in [0.2, 0.25) is 0 Å². The van der Waals surface area contributed by atoms with Gasteiger partial charge in [-0.1, -0.05) is 0 Å². The first-order valence-corrected chi connectivity index (χ1v) is 3.74. The summed E-state index contributed by atoms with van der Waals surface area (Å²) in [7, 11) is 0. The number of nitrogens with one attached hydrogen (secondary N) is 1. The van der Waals surface area contributed by atoms with Gasteiger partial charge in [-0.25, -0.2) is 4.98 Å². The van der Waals surface area contributed by atoms with Gasteiger partial charge in [-0.2, -0.15) is 0 Å². The molecular formula is C9H8N3. The minimum absolute atomic E-state index is 0.836. The average Bonchev–Trinajstić information content (AvgIpc) is 2.59. The molecule has 0 aliphatic carbocycles. The zero-order chi connectivity index (χ0) is 8.23. The minimum Gasteiger partial charge on any atom is -0.342 e. The molecule has 3 heteroatoms. The fourth-order valence-corrected chi connectivity index (χ4v) is 1.05. The third-order valence-electron chi connectivity index (χ3n) is 1.64. The molecule has 2 aromatic heterocycles. The van der Waals surface area contributed by atoms with Crippen molar-refractivity contribution < 1.29 is 0 Å². The van der Waals surface area contributed by atoms with Gasteiger partial charge in [0.15, 0.2) is 6.33 Å². The summed E-state index contributed by atoms with van der Waals surface area (Å²) in [5, 5.41) is 0. The van der Waals surface area contributed by atoms with E-state index in [-0.39, 0.29) is 0 Å².